The summed E-state index contributed by atoms with van der Waals surface area (Å²) >= 11 is 0. The topological polar surface area (TPSA) is 115 Å². The van der Waals surface area contributed by atoms with Crippen molar-refractivity contribution in [2.24, 2.45) is 0 Å². The third-order valence-corrected chi connectivity index (χ3v) is 2.89. The van der Waals surface area contributed by atoms with E-state index >= 15 is 0 Å². The second-order valence-corrected chi connectivity index (χ2v) is 4.17. The monoisotopic (exact) mass is 266 g/mol. The highest BCUT2D eigenvalue weighted by Gasteiger charge is 2.11. The summed E-state index contributed by atoms with van der Waals surface area (Å²) in [5.41, 5.74) is 1.67. The van der Waals surface area contributed by atoms with Crippen LogP contribution in [0.5, 0.6) is 0 Å². The average molecular weight is 266 g/mol. The van der Waals surface area contributed by atoms with Crippen molar-refractivity contribution < 1.29 is 0 Å². The molecule has 0 aliphatic rings. The number of H-pyrrole nitrogens is 4. The van der Waals surface area contributed by atoms with E-state index in [0.717, 1.165) is 11.4 Å². The molecule has 0 saturated heterocycles. The molecule has 0 radical (unpaired) electrons. The fourth-order valence-electron chi connectivity index (χ4n) is 1.95. The molecule has 4 heterocycles. The van der Waals surface area contributed by atoms with E-state index in [4.69, 9.17) is 0 Å². The van der Waals surface area contributed by atoms with E-state index in [1.807, 2.05) is 0 Å². The molecule has 0 amide bonds. The van der Waals surface area contributed by atoms with Crippen LogP contribution in [0.15, 0.2) is 37.2 Å². The first-order chi connectivity index (χ1) is 9.90. The average Bonchev–Trinajstić information content (AvgIpc) is 3.22. The Labute approximate surface area is 112 Å². The fraction of sp³-hybridized carbons (Fsp3) is 0. The van der Waals surface area contributed by atoms with Gasteiger partial charge in [0, 0.05) is 24.8 Å². The quantitative estimate of drug-likeness (QED) is 0.450. The van der Waals surface area contributed by atoms with Crippen LogP contribution in [-0.4, -0.2) is 39.9 Å². The zero-order chi connectivity index (χ0) is 13.4. The zero-order valence-electron chi connectivity index (χ0n) is 10.3. The largest absolute Gasteiger partial charge is 0.342 e. The maximum atomic E-state index is 4.29. The van der Waals surface area contributed by atoms with Crippen LogP contribution in [0, 0.1) is 0 Å². The Morgan fingerprint density at radius 2 is 1.10 bits per heavy atom. The maximum Gasteiger partial charge on any atom is 0.174 e. The summed E-state index contributed by atoms with van der Waals surface area (Å²) in [5, 5.41) is 0. The van der Waals surface area contributed by atoms with Crippen molar-refractivity contribution >= 4 is 0 Å². The second-order valence-electron chi connectivity index (χ2n) is 4.17. The predicted molar refractivity (Wildman–Crippen MR) is 71.3 cm³/mol. The standard InChI is InChI=1S/C12H10N8/c1-2-14-9(13-1)11-17-5-7(19-11)8-6-18-12(20-8)10-15-3-4-16-10/h1-6H,(H,13,14)(H,15,16)(H,17,19)(H,18,20). The Morgan fingerprint density at radius 3 is 1.50 bits per heavy atom. The van der Waals surface area contributed by atoms with Crippen molar-refractivity contribution in [2.45, 2.75) is 0 Å². The Kier molecular flexibility index (Phi) is 2.25. The van der Waals surface area contributed by atoms with Crippen LogP contribution in [0.4, 0.5) is 0 Å². The molecule has 4 N–H and O–H groups in total. The van der Waals surface area contributed by atoms with Crippen molar-refractivity contribution in [1.82, 2.24) is 39.9 Å². The van der Waals surface area contributed by atoms with E-state index < -0.39 is 0 Å². The minimum atomic E-state index is 0.680. The lowest BCUT2D eigenvalue weighted by atomic mass is 10.4. The number of nitrogens with one attached hydrogen (secondary N) is 4. The van der Waals surface area contributed by atoms with Crippen molar-refractivity contribution in [1.29, 1.82) is 0 Å². The molecule has 8 nitrogen and oxygen atoms in total. The predicted octanol–water partition coefficient (Wildman–Crippen LogP) is 1.58. The Morgan fingerprint density at radius 1 is 0.600 bits per heavy atom. The third kappa shape index (κ3) is 1.70. The fourth-order valence-corrected chi connectivity index (χ4v) is 1.95. The minimum Gasteiger partial charge on any atom is -0.342 e. The molecule has 4 aromatic heterocycles. The van der Waals surface area contributed by atoms with E-state index in [2.05, 4.69) is 39.9 Å². The lowest BCUT2D eigenvalue weighted by Gasteiger charge is -1.92. The third-order valence-electron chi connectivity index (χ3n) is 2.89. The van der Waals surface area contributed by atoms with Crippen molar-refractivity contribution in [3.63, 3.8) is 0 Å². The SMILES string of the molecule is c1c[nH]c(-c2ncc(-c3cnc(-c4ncc[nH]4)[nH]3)[nH]2)n1. The van der Waals surface area contributed by atoms with Gasteiger partial charge in [-0.2, -0.15) is 0 Å². The van der Waals surface area contributed by atoms with E-state index in [1.54, 1.807) is 37.2 Å². The number of hydrogen-bond acceptors (Lipinski definition) is 4. The summed E-state index contributed by atoms with van der Waals surface area (Å²) in [6, 6.07) is 0. The van der Waals surface area contributed by atoms with Crippen molar-refractivity contribution in [3.05, 3.63) is 37.2 Å². The van der Waals surface area contributed by atoms with E-state index in [9.17, 15) is 0 Å². The lowest BCUT2D eigenvalue weighted by molar-refractivity contribution is 1.19. The summed E-state index contributed by atoms with van der Waals surface area (Å²) in [6.07, 6.45) is 10.3. The van der Waals surface area contributed by atoms with Crippen LogP contribution in [0.3, 0.4) is 0 Å². The van der Waals surface area contributed by atoms with Gasteiger partial charge in [0.05, 0.1) is 23.8 Å². The minimum absolute atomic E-state index is 0.680. The molecule has 0 spiro atoms. The summed E-state index contributed by atoms with van der Waals surface area (Å²) in [7, 11) is 0. The van der Waals surface area contributed by atoms with Crippen LogP contribution in [0.2, 0.25) is 0 Å². The van der Waals surface area contributed by atoms with Gasteiger partial charge in [0.15, 0.2) is 23.3 Å². The molecule has 0 aromatic carbocycles. The van der Waals surface area contributed by atoms with Crippen molar-refractivity contribution in [2.75, 3.05) is 0 Å². The van der Waals surface area contributed by atoms with Gasteiger partial charge in [-0.3, -0.25) is 0 Å². The molecule has 0 bridgehead atoms. The highest BCUT2D eigenvalue weighted by molar-refractivity contribution is 5.60. The number of hydrogen-bond donors (Lipinski definition) is 4. The Bertz CT molecular complexity index is 735. The second kappa shape index (κ2) is 4.19. The molecule has 4 aromatic rings. The molecule has 0 fully saturated rings. The normalized spacial score (nSPS) is 11.0. The number of aromatic amines is 4. The van der Waals surface area contributed by atoms with Crippen LogP contribution in [-0.2, 0) is 0 Å². The van der Waals surface area contributed by atoms with Crippen molar-refractivity contribution in [3.8, 4) is 34.7 Å². The number of aromatic nitrogens is 8. The smallest absolute Gasteiger partial charge is 0.174 e. The van der Waals surface area contributed by atoms with E-state index in [-0.39, 0.29) is 0 Å². The van der Waals surface area contributed by atoms with Gasteiger partial charge in [-0.1, -0.05) is 0 Å². The first kappa shape index (κ1) is 10.7. The number of nitrogens with zero attached hydrogens (tertiary/aromatic N) is 4. The molecule has 0 aliphatic heterocycles. The zero-order valence-corrected chi connectivity index (χ0v) is 10.3. The molecule has 4 rings (SSSR count). The molecule has 0 unspecified atom stereocenters. The number of rotatable bonds is 3. The van der Waals surface area contributed by atoms with Gasteiger partial charge < -0.3 is 19.9 Å². The van der Waals surface area contributed by atoms with Crippen LogP contribution in [0.1, 0.15) is 0 Å². The highest BCUT2D eigenvalue weighted by Crippen LogP contribution is 2.20. The molecular formula is C12H10N8. The van der Waals surface area contributed by atoms with Crippen LogP contribution in [0.25, 0.3) is 34.7 Å². The van der Waals surface area contributed by atoms with Gasteiger partial charge in [-0.15, -0.1) is 0 Å². The molecule has 20 heavy (non-hydrogen) atoms. The van der Waals surface area contributed by atoms with Gasteiger partial charge in [0.25, 0.3) is 0 Å². The Balaban J connectivity index is 1.68. The van der Waals surface area contributed by atoms with Gasteiger partial charge in [0.2, 0.25) is 0 Å². The lowest BCUT2D eigenvalue weighted by Crippen LogP contribution is -1.84. The number of imidazole rings is 4. The Hall–Kier alpha value is -3.16. The van der Waals surface area contributed by atoms with Gasteiger partial charge in [0.1, 0.15) is 0 Å². The molecular weight excluding hydrogens is 256 g/mol. The summed E-state index contributed by atoms with van der Waals surface area (Å²) in [5.74, 6) is 2.75. The van der Waals surface area contributed by atoms with E-state index in [0.29, 0.717) is 23.3 Å². The van der Waals surface area contributed by atoms with Crippen LogP contribution < -0.4 is 0 Å². The van der Waals surface area contributed by atoms with Gasteiger partial charge in [-0.25, -0.2) is 19.9 Å². The molecule has 0 atom stereocenters. The van der Waals surface area contributed by atoms with Crippen LogP contribution >= 0.6 is 0 Å². The first-order valence-corrected chi connectivity index (χ1v) is 6.00. The molecule has 0 saturated carbocycles. The van der Waals surface area contributed by atoms with Gasteiger partial charge in [-0.05, 0) is 0 Å². The summed E-state index contributed by atoms with van der Waals surface area (Å²) in [4.78, 5) is 29.2. The molecule has 0 aliphatic carbocycles. The summed E-state index contributed by atoms with van der Waals surface area (Å²) < 4.78 is 0. The van der Waals surface area contributed by atoms with Gasteiger partial charge >= 0.3 is 0 Å². The molecule has 98 valence electrons. The highest BCUT2D eigenvalue weighted by atomic mass is 15.0. The van der Waals surface area contributed by atoms with E-state index in [1.165, 1.54) is 0 Å². The summed E-state index contributed by atoms with van der Waals surface area (Å²) in [6.45, 7) is 0. The molecule has 8 heteroatoms. The first-order valence-electron chi connectivity index (χ1n) is 6.00. The maximum absolute atomic E-state index is 4.29.